The molecule has 7 heteroatoms. The molecule has 0 radical (unpaired) electrons. The molecule has 0 spiro atoms. The zero-order valence-corrected chi connectivity index (χ0v) is 8.21. The summed E-state index contributed by atoms with van der Waals surface area (Å²) in [4.78, 5) is 21.1. The highest BCUT2D eigenvalue weighted by Crippen LogP contribution is 2.19. The summed E-state index contributed by atoms with van der Waals surface area (Å²) in [5, 5.41) is 9.96. The Balaban J connectivity index is 2.89. The summed E-state index contributed by atoms with van der Waals surface area (Å²) in [7, 11) is 0. The van der Waals surface area contributed by atoms with Gasteiger partial charge in [0.15, 0.2) is 11.6 Å². The number of hydrogen-bond acceptors (Lipinski definition) is 2. The molecule has 0 fully saturated rings. The number of hydrogen-bond donors (Lipinski definition) is 2. The minimum absolute atomic E-state index is 0.388. The Hall–Kier alpha value is -2.31. The van der Waals surface area contributed by atoms with Gasteiger partial charge in [-0.05, 0) is 0 Å². The number of rotatable bonds is 3. The summed E-state index contributed by atoms with van der Waals surface area (Å²) < 4.78 is 38.6. The topological polar surface area (TPSA) is 66.4 Å². The number of nitrogens with one attached hydrogen (secondary N) is 1. The molecule has 1 aromatic rings. The number of carbonyl (C=O) groups is 2. The van der Waals surface area contributed by atoms with Crippen molar-refractivity contribution in [2.45, 2.75) is 0 Å². The molecule has 1 amide bonds. The lowest BCUT2D eigenvalue weighted by atomic mass is 10.2. The Labute approximate surface area is 93.4 Å². The van der Waals surface area contributed by atoms with E-state index in [1.54, 1.807) is 5.32 Å². The molecule has 0 bridgehead atoms. The van der Waals surface area contributed by atoms with Gasteiger partial charge >= 0.3 is 5.97 Å². The largest absolute Gasteiger partial charge is 0.478 e. The molecule has 0 aliphatic rings. The molecule has 0 atom stereocenters. The summed E-state index contributed by atoms with van der Waals surface area (Å²) in [6.07, 6.45) is 1.07. The second kappa shape index (κ2) is 5.15. The zero-order chi connectivity index (χ0) is 13.0. The van der Waals surface area contributed by atoms with Crippen molar-refractivity contribution in [2.24, 2.45) is 0 Å². The lowest BCUT2D eigenvalue weighted by Crippen LogP contribution is -2.12. The lowest BCUT2D eigenvalue weighted by Gasteiger charge is -2.05. The second-order valence-electron chi connectivity index (χ2n) is 2.91. The Morgan fingerprint density at radius 1 is 1.12 bits per heavy atom. The van der Waals surface area contributed by atoms with Gasteiger partial charge in [-0.25, -0.2) is 18.0 Å². The summed E-state index contributed by atoms with van der Waals surface area (Å²) >= 11 is 0. The number of anilines is 1. The van der Waals surface area contributed by atoms with Crippen LogP contribution in [0.5, 0.6) is 0 Å². The molecule has 1 rings (SSSR count). The average Bonchev–Trinajstić information content (AvgIpc) is 2.20. The number of benzene rings is 1. The van der Waals surface area contributed by atoms with Crippen LogP contribution in [-0.2, 0) is 9.59 Å². The van der Waals surface area contributed by atoms with Crippen molar-refractivity contribution in [3.05, 3.63) is 41.7 Å². The Bertz CT molecular complexity index is 477. The van der Waals surface area contributed by atoms with E-state index in [2.05, 4.69) is 0 Å². The maximum absolute atomic E-state index is 13.0. The van der Waals surface area contributed by atoms with E-state index in [0.29, 0.717) is 24.3 Å². The smallest absolute Gasteiger partial charge is 0.328 e. The summed E-state index contributed by atoms with van der Waals surface area (Å²) in [5.74, 6) is -6.14. The van der Waals surface area contributed by atoms with Crippen LogP contribution in [0.15, 0.2) is 24.3 Å². The van der Waals surface area contributed by atoms with E-state index < -0.39 is 35.0 Å². The molecule has 2 N–H and O–H groups in total. The van der Waals surface area contributed by atoms with E-state index in [0.717, 1.165) is 0 Å². The second-order valence-corrected chi connectivity index (χ2v) is 2.91. The quantitative estimate of drug-likeness (QED) is 0.796. The summed E-state index contributed by atoms with van der Waals surface area (Å²) in [6.45, 7) is 0. The van der Waals surface area contributed by atoms with E-state index in [4.69, 9.17) is 5.11 Å². The molecule has 0 heterocycles. The fourth-order valence-corrected chi connectivity index (χ4v) is 0.973. The van der Waals surface area contributed by atoms with Crippen molar-refractivity contribution in [1.29, 1.82) is 0 Å². The van der Waals surface area contributed by atoms with E-state index in [9.17, 15) is 22.8 Å². The van der Waals surface area contributed by atoms with Crippen LogP contribution in [0.1, 0.15) is 0 Å². The predicted octanol–water partition coefficient (Wildman–Crippen LogP) is 1.68. The number of carboxylic acids is 1. The molecule has 0 aliphatic heterocycles. The third-order valence-corrected chi connectivity index (χ3v) is 1.63. The SMILES string of the molecule is O=C(O)C=CC(=O)Nc1c(F)cc(F)cc1F. The Kier molecular flexibility index (Phi) is 3.86. The van der Waals surface area contributed by atoms with Gasteiger partial charge in [-0.15, -0.1) is 0 Å². The van der Waals surface area contributed by atoms with Crippen molar-refractivity contribution >= 4 is 17.6 Å². The van der Waals surface area contributed by atoms with Crippen molar-refractivity contribution in [2.75, 3.05) is 5.32 Å². The number of amides is 1. The first-order valence-corrected chi connectivity index (χ1v) is 4.26. The lowest BCUT2D eigenvalue weighted by molar-refractivity contribution is -0.131. The highest BCUT2D eigenvalue weighted by Gasteiger charge is 2.13. The van der Waals surface area contributed by atoms with E-state index in [1.807, 2.05) is 0 Å². The number of carbonyl (C=O) groups excluding carboxylic acids is 1. The van der Waals surface area contributed by atoms with Crippen LogP contribution in [0.4, 0.5) is 18.9 Å². The number of halogens is 3. The number of carboxylic acid groups (broad SMARTS) is 1. The van der Waals surface area contributed by atoms with Gasteiger partial charge < -0.3 is 10.4 Å². The van der Waals surface area contributed by atoms with Crippen LogP contribution < -0.4 is 5.32 Å². The first-order chi connectivity index (χ1) is 7.90. The maximum atomic E-state index is 13.0. The highest BCUT2D eigenvalue weighted by molar-refractivity contribution is 6.02. The third kappa shape index (κ3) is 3.63. The van der Waals surface area contributed by atoms with Gasteiger partial charge in [-0.3, -0.25) is 4.79 Å². The van der Waals surface area contributed by atoms with Gasteiger partial charge in [0.1, 0.15) is 11.5 Å². The molecular weight excluding hydrogens is 239 g/mol. The van der Waals surface area contributed by atoms with Crippen LogP contribution in [-0.4, -0.2) is 17.0 Å². The first-order valence-electron chi connectivity index (χ1n) is 4.26. The Morgan fingerprint density at radius 3 is 2.12 bits per heavy atom. The molecule has 0 aromatic heterocycles. The van der Waals surface area contributed by atoms with E-state index in [-0.39, 0.29) is 0 Å². The van der Waals surface area contributed by atoms with E-state index >= 15 is 0 Å². The van der Waals surface area contributed by atoms with Crippen LogP contribution in [0, 0.1) is 17.5 Å². The molecule has 0 unspecified atom stereocenters. The minimum Gasteiger partial charge on any atom is -0.478 e. The van der Waals surface area contributed by atoms with Gasteiger partial charge in [0.25, 0.3) is 0 Å². The monoisotopic (exact) mass is 245 g/mol. The minimum atomic E-state index is -1.39. The molecule has 0 saturated heterocycles. The molecule has 90 valence electrons. The molecule has 1 aromatic carbocycles. The maximum Gasteiger partial charge on any atom is 0.328 e. The van der Waals surface area contributed by atoms with Crippen LogP contribution >= 0.6 is 0 Å². The van der Waals surface area contributed by atoms with E-state index in [1.165, 1.54) is 0 Å². The predicted molar refractivity (Wildman–Crippen MR) is 51.7 cm³/mol. The van der Waals surface area contributed by atoms with Crippen molar-refractivity contribution < 1.29 is 27.9 Å². The fourth-order valence-electron chi connectivity index (χ4n) is 0.973. The van der Waals surface area contributed by atoms with Crippen molar-refractivity contribution in [1.82, 2.24) is 0 Å². The molecule has 4 nitrogen and oxygen atoms in total. The van der Waals surface area contributed by atoms with Crippen molar-refractivity contribution in [3.63, 3.8) is 0 Å². The highest BCUT2D eigenvalue weighted by atomic mass is 19.1. The average molecular weight is 245 g/mol. The number of aliphatic carboxylic acids is 1. The van der Waals surface area contributed by atoms with Crippen LogP contribution in [0.3, 0.4) is 0 Å². The molecular formula is C10H6F3NO3. The molecule has 17 heavy (non-hydrogen) atoms. The van der Waals surface area contributed by atoms with Gasteiger partial charge in [0, 0.05) is 24.3 Å². The summed E-state index contributed by atoms with van der Waals surface area (Å²) in [5.41, 5.74) is -0.841. The van der Waals surface area contributed by atoms with Crippen LogP contribution in [0.25, 0.3) is 0 Å². The molecule has 0 aliphatic carbocycles. The first kappa shape index (κ1) is 12.8. The Morgan fingerprint density at radius 2 is 1.65 bits per heavy atom. The van der Waals surface area contributed by atoms with Gasteiger partial charge in [0.05, 0.1) is 0 Å². The van der Waals surface area contributed by atoms with Crippen LogP contribution in [0.2, 0.25) is 0 Å². The normalized spacial score (nSPS) is 10.5. The zero-order valence-electron chi connectivity index (χ0n) is 8.21. The standard InChI is InChI=1S/C10H6F3NO3/c11-5-3-6(12)10(7(13)4-5)14-8(15)1-2-9(16)17/h1-4H,(H,14,15)(H,16,17). The van der Waals surface area contributed by atoms with Gasteiger partial charge in [-0.2, -0.15) is 0 Å². The van der Waals surface area contributed by atoms with Crippen molar-refractivity contribution in [3.8, 4) is 0 Å². The third-order valence-electron chi connectivity index (χ3n) is 1.63. The molecule has 0 saturated carbocycles. The summed E-state index contributed by atoms with van der Waals surface area (Å²) in [6, 6.07) is 0.777. The van der Waals surface area contributed by atoms with Gasteiger partial charge in [0.2, 0.25) is 5.91 Å². The van der Waals surface area contributed by atoms with Gasteiger partial charge in [-0.1, -0.05) is 0 Å². The fraction of sp³-hybridized carbons (Fsp3) is 0.